The van der Waals surface area contributed by atoms with Crippen LogP contribution in [0.3, 0.4) is 0 Å². The quantitative estimate of drug-likeness (QED) is 0.443. The number of anilines is 2. The molecular formula is C25H25FN2O6S. The van der Waals surface area contributed by atoms with E-state index in [1.54, 1.807) is 25.1 Å². The largest absolute Gasteiger partial charge is 0.494 e. The van der Waals surface area contributed by atoms with Crippen molar-refractivity contribution in [3.8, 4) is 5.75 Å². The molecule has 0 aliphatic heterocycles. The first-order chi connectivity index (χ1) is 16.7. The molecule has 0 saturated carbocycles. The highest BCUT2D eigenvalue weighted by Gasteiger charge is 2.28. The van der Waals surface area contributed by atoms with Gasteiger partial charge in [0.25, 0.3) is 10.0 Å². The number of carbonyl (C=O) groups excluding carboxylic acids is 2. The van der Waals surface area contributed by atoms with Gasteiger partial charge in [0.1, 0.15) is 18.1 Å². The van der Waals surface area contributed by atoms with Crippen LogP contribution in [-0.2, 0) is 19.6 Å². The van der Waals surface area contributed by atoms with Crippen molar-refractivity contribution < 1.29 is 31.9 Å². The smallest absolute Gasteiger partial charge is 0.338 e. The Morgan fingerprint density at radius 2 is 1.66 bits per heavy atom. The van der Waals surface area contributed by atoms with Gasteiger partial charge in [-0.1, -0.05) is 6.07 Å². The van der Waals surface area contributed by atoms with E-state index in [0.29, 0.717) is 23.6 Å². The number of sulfonamides is 1. The molecule has 0 fully saturated rings. The number of halogens is 1. The topological polar surface area (TPSA) is 102 Å². The first-order valence-electron chi connectivity index (χ1n) is 10.7. The number of nitrogens with one attached hydrogen (secondary N) is 1. The summed E-state index contributed by atoms with van der Waals surface area (Å²) < 4.78 is 51.5. The Labute approximate surface area is 203 Å². The number of hydrogen-bond donors (Lipinski definition) is 1. The third-order valence-corrected chi connectivity index (χ3v) is 6.93. The highest BCUT2D eigenvalue weighted by Crippen LogP contribution is 2.26. The summed E-state index contributed by atoms with van der Waals surface area (Å²) in [7, 11) is -2.95. The normalized spacial score (nSPS) is 11.0. The second kappa shape index (κ2) is 11.0. The van der Waals surface area contributed by atoms with Crippen molar-refractivity contribution in [1.82, 2.24) is 0 Å². The SMILES string of the molecule is CCOc1ccc(S(=O)(=O)N(CC(=O)Nc2cccc(C(=O)OC)c2C)c2ccc(F)cc2)cc1. The van der Waals surface area contributed by atoms with Gasteiger partial charge in [0.2, 0.25) is 5.91 Å². The average Bonchev–Trinajstić information content (AvgIpc) is 2.84. The van der Waals surface area contributed by atoms with E-state index in [9.17, 15) is 22.4 Å². The van der Waals surface area contributed by atoms with Crippen LogP contribution in [0.2, 0.25) is 0 Å². The highest BCUT2D eigenvalue weighted by atomic mass is 32.2. The van der Waals surface area contributed by atoms with Gasteiger partial charge in [-0.3, -0.25) is 9.10 Å². The van der Waals surface area contributed by atoms with Gasteiger partial charge in [-0.2, -0.15) is 0 Å². The van der Waals surface area contributed by atoms with Crippen molar-refractivity contribution >= 4 is 33.3 Å². The van der Waals surface area contributed by atoms with Gasteiger partial charge in [-0.05, 0) is 80.1 Å². The Hall–Kier alpha value is -3.92. The molecule has 0 unspecified atom stereocenters. The zero-order valence-electron chi connectivity index (χ0n) is 19.4. The summed E-state index contributed by atoms with van der Waals surface area (Å²) in [6, 6.07) is 15.3. The molecule has 184 valence electrons. The molecule has 0 spiro atoms. The molecule has 8 nitrogen and oxygen atoms in total. The van der Waals surface area contributed by atoms with E-state index in [1.165, 1.54) is 43.5 Å². The lowest BCUT2D eigenvalue weighted by Gasteiger charge is -2.24. The van der Waals surface area contributed by atoms with Crippen LogP contribution in [0.1, 0.15) is 22.8 Å². The van der Waals surface area contributed by atoms with E-state index in [0.717, 1.165) is 16.4 Å². The van der Waals surface area contributed by atoms with E-state index in [1.807, 2.05) is 6.92 Å². The predicted molar refractivity (Wildman–Crippen MR) is 130 cm³/mol. The maximum absolute atomic E-state index is 13.5. The van der Waals surface area contributed by atoms with Gasteiger partial charge in [0, 0.05) is 5.69 Å². The number of benzene rings is 3. The van der Waals surface area contributed by atoms with Crippen LogP contribution in [0.15, 0.2) is 71.6 Å². The molecule has 0 aliphatic carbocycles. The molecule has 1 N–H and O–H groups in total. The van der Waals surface area contributed by atoms with Crippen LogP contribution in [0.25, 0.3) is 0 Å². The molecule has 10 heteroatoms. The van der Waals surface area contributed by atoms with E-state index in [4.69, 9.17) is 9.47 Å². The highest BCUT2D eigenvalue weighted by molar-refractivity contribution is 7.92. The maximum Gasteiger partial charge on any atom is 0.338 e. The van der Waals surface area contributed by atoms with E-state index in [2.05, 4.69) is 5.32 Å². The molecule has 35 heavy (non-hydrogen) atoms. The van der Waals surface area contributed by atoms with Gasteiger partial charge in [0.15, 0.2) is 0 Å². The van der Waals surface area contributed by atoms with Crippen molar-refractivity contribution in [3.05, 3.63) is 83.7 Å². The first-order valence-corrected chi connectivity index (χ1v) is 12.1. The molecule has 3 aromatic carbocycles. The number of methoxy groups -OCH3 is 1. The minimum absolute atomic E-state index is 0.0676. The molecule has 0 bridgehead atoms. The minimum atomic E-state index is -4.20. The molecule has 3 rings (SSSR count). The molecule has 0 atom stereocenters. The fourth-order valence-corrected chi connectivity index (χ4v) is 4.77. The molecule has 0 aromatic heterocycles. The zero-order valence-corrected chi connectivity index (χ0v) is 20.3. The van der Waals surface area contributed by atoms with Gasteiger partial charge in [-0.15, -0.1) is 0 Å². The monoisotopic (exact) mass is 500 g/mol. The molecule has 0 radical (unpaired) electrons. The summed E-state index contributed by atoms with van der Waals surface area (Å²) in [5.74, 6) is -1.27. The zero-order chi connectivity index (χ0) is 25.6. The van der Waals surface area contributed by atoms with Gasteiger partial charge >= 0.3 is 5.97 Å². The van der Waals surface area contributed by atoms with Crippen LogP contribution in [-0.4, -0.2) is 40.6 Å². The van der Waals surface area contributed by atoms with Crippen molar-refractivity contribution in [3.63, 3.8) is 0 Å². The molecule has 0 saturated heterocycles. The molecule has 3 aromatic rings. The predicted octanol–water partition coefficient (Wildman–Crippen LogP) is 4.15. The second-order valence-electron chi connectivity index (χ2n) is 7.41. The van der Waals surface area contributed by atoms with E-state index < -0.39 is 34.3 Å². The lowest BCUT2D eigenvalue weighted by molar-refractivity contribution is -0.114. The van der Waals surface area contributed by atoms with Crippen LogP contribution < -0.4 is 14.4 Å². The number of carbonyl (C=O) groups is 2. The van der Waals surface area contributed by atoms with Crippen molar-refractivity contribution in [1.29, 1.82) is 0 Å². The van der Waals surface area contributed by atoms with E-state index >= 15 is 0 Å². The second-order valence-corrected chi connectivity index (χ2v) is 9.27. The maximum atomic E-state index is 13.5. The number of ether oxygens (including phenoxy) is 2. The van der Waals surface area contributed by atoms with Gasteiger partial charge in [-0.25, -0.2) is 17.6 Å². The fraction of sp³-hybridized carbons (Fsp3) is 0.200. The van der Waals surface area contributed by atoms with Gasteiger partial charge in [0.05, 0.1) is 29.9 Å². The lowest BCUT2D eigenvalue weighted by atomic mass is 10.1. The molecule has 0 aliphatic rings. The Kier molecular flexibility index (Phi) is 8.08. The summed E-state index contributed by atoms with van der Waals surface area (Å²) in [4.78, 5) is 24.8. The molecule has 1 amide bonds. The lowest BCUT2D eigenvalue weighted by Crippen LogP contribution is -2.38. The third-order valence-electron chi connectivity index (χ3n) is 5.14. The third kappa shape index (κ3) is 5.96. The first kappa shape index (κ1) is 25.7. The Morgan fingerprint density at radius 3 is 2.26 bits per heavy atom. The number of rotatable bonds is 9. The number of amides is 1. The van der Waals surface area contributed by atoms with Crippen molar-refractivity contribution in [2.24, 2.45) is 0 Å². The summed E-state index contributed by atoms with van der Waals surface area (Å²) in [5, 5.41) is 2.64. The van der Waals surface area contributed by atoms with Crippen LogP contribution >= 0.6 is 0 Å². The number of hydrogen-bond acceptors (Lipinski definition) is 6. The summed E-state index contributed by atoms with van der Waals surface area (Å²) in [5.41, 5.74) is 1.17. The van der Waals surface area contributed by atoms with Crippen molar-refractivity contribution in [2.45, 2.75) is 18.7 Å². The van der Waals surface area contributed by atoms with Crippen LogP contribution in [0.5, 0.6) is 5.75 Å². The van der Waals surface area contributed by atoms with Crippen LogP contribution in [0.4, 0.5) is 15.8 Å². The van der Waals surface area contributed by atoms with Crippen LogP contribution in [0, 0.1) is 12.7 Å². The average molecular weight is 501 g/mol. The number of esters is 1. The van der Waals surface area contributed by atoms with Crippen molar-refractivity contribution in [2.75, 3.05) is 29.9 Å². The summed E-state index contributed by atoms with van der Waals surface area (Å²) >= 11 is 0. The number of nitrogens with zero attached hydrogens (tertiary/aromatic N) is 1. The molecular weight excluding hydrogens is 475 g/mol. The fourth-order valence-electron chi connectivity index (χ4n) is 3.35. The molecule has 0 heterocycles. The standard InChI is InChI=1S/C25H25FN2O6S/c1-4-34-20-12-14-21(15-13-20)35(31,32)28(19-10-8-18(26)9-11-19)16-24(29)27-23-7-5-6-22(17(23)2)25(30)33-3/h5-15H,4,16H2,1-3H3,(H,27,29). The Balaban J connectivity index is 1.93. The van der Waals surface area contributed by atoms with E-state index in [-0.39, 0.29) is 16.1 Å². The Morgan fingerprint density at radius 1 is 1.00 bits per heavy atom. The summed E-state index contributed by atoms with van der Waals surface area (Å²) in [6.45, 7) is 3.27. The summed E-state index contributed by atoms with van der Waals surface area (Å²) in [6.07, 6.45) is 0. The minimum Gasteiger partial charge on any atom is -0.494 e. The Bertz CT molecular complexity index is 1310. The van der Waals surface area contributed by atoms with Gasteiger partial charge < -0.3 is 14.8 Å².